The number of nitrogens with one attached hydrogen (secondary N) is 1. The minimum absolute atomic E-state index is 0.850. The molecular formula is C13H18N2. The highest BCUT2D eigenvalue weighted by atomic mass is 15.0. The zero-order valence-electron chi connectivity index (χ0n) is 9.62. The van der Waals surface area contributed by atoms with Gasteiger partial charge in [0.15, 0.2) is 0 Å². The molecule has 0 aliphatic carbocycles. The number of nitrogens with zero attached hydrogens (tertiary/aromatic N) is 1. The van der Waals surface area contributed by atoms with Crippen molar-refractivity contribution < 1.29 is 0 Å². The van der Waals surface area contributed by atoms with Gasteiger partial charge in [-0.05, 0) is 19.4 Å². The maximum atomic E-state index is 4.24. The fraction of sp³-hybridized carbons (Fsp3) is 0.308. The van der Waals surface area contributed by atoms with E-state index in [1.165, 1.54) is 5.56 Å². The first kappa shape index (κ1) is 11.5. The van der Waals surface area contributed by atoms with E-state index in [1.807, 2.05) is 45.2 Å². The summed E-state index contributed by atoms with van der Waals surface area (Å²) in [4.78, 5) is 4.24. The van der Waals surface area contributed by atoms with Gasteiger partial charge >= 0.3 is 0 Å². The average Bonchev–Trinajstić information content (AvgIpc) is 2.29. The van der Waals surface area contributed by atoms with Gasteiger partial charge < -0.3 is 5.32 Å². The van der Waals surface area contributed by atoms with Crippen molar-refractivity contribution in [2.45, 2.75) is 20.3 Å². The topological polar surface area (TPSA) is 24.4 Å². The largest absolute Gasteiger partial charge is 0.348 e. The number of rotatable bonds is 3. The fourth-order valence-corrected chi connectivity index (χ4v) is 1.27. The molecule has 0 radical (unpaired) electrons. The molecule has 0 bridgehead atoms. The van der Waals surface area contributed by atoms with Crippen LogP contribution in [-0.4, -0.2) is 12.9 Å². The Balaban J connectivity index is 2.64. The van der Waals surface area contributed by atoms with Crippen molar-refractivity contribution in [2.75, 3.05) is 7.05 Å². The molecule has 0 aliphatic rings. The molecule has 15 heavy (non-hydrogen) atoms. The summed E-state index contributed by atoms with van der Waals surface area (Å²) in [6.07, 6.45) is 2.89. The van der Waals surface area contributed by atoms with Gasteiger partial charge in [-0.1, -0.05) is 36.4 Å². The van der Waals surface area contributed by atoms with Crippen LogP contribution < -0.4 is 5.32 Å². The maximum Gasteiger partial charge on any atom is 0.104 e. The van der Waals surface area contributed by atoms with Crippen LogP contribution >= 0.6 is 0 Å². The number of hydrogen-bond donors (Lipinski definition) is 1. The van der Waals surface area contributed by atoms with E-state index in [-0.39, 0.29) is 0 Å². The predicted octanol–water partition coefficient (Wildman–Crippen LogP) is 2.77. The zero-order valence-corrected chi connectivity index (χ0v) is 9.62. The Morgan fingerprint density at radius 3 is 2.53 bits per heavy atom. The van der Waals surface area contributed by atoms with Gasteiger partial charge in [-0.3, -0.25) is 4.99 Å². The summed E-state index contributed by atoms with van der Waals surface area (Å²) < 4.78 is 0. The van der Waals surface area contributed by atoms with Crippen LogP contribution in [0.1, 0.15) is 19.4 Å². The Hall–Kier alpha value is -1.57. The Morgan fingerprint density at radius 1 is 1.33 bits per heavy atom. The van der Waals surface area contributed by atoms with Crippen molar-refractivity contribution in [3.05, 3.63) is 47.7 Å². The molecule has 0 atom stereocenters. The molecule has 0 saturated carbocycles. The molecule has 2 nitrogen and oxygen atoms in total. The Morgan fingerprint density at radius 2 is 2.00 bits per heavy atom. The minimum Gasteiger partial charge on any atom is -0.348 e. The van der Waals surface area contributed by atoms with E-state index in [9.17, 15) is 0 Å². The van der Waals surface area contributed by atoms with Crippen LogP contribution in [0.2, 0.25) is 0 Å². The van der Waals surface area contributed by atoms with Crippen LogP contribution in [-0.2, 0) is 6.42 Å². The molecule has 0 unspecified atom stereocenters. The molecule has 1 aromatic rings. The van der Waals surface area contributed by atoms with Crippen LogP contribution in [0.5, 0.6) is 0 Å². The number of hydrogen-bond acceptors (Lipinski definition) is 1. The second kappa shape index (κ2) is 6.02. The lowest BCUT2D eigenvalue weighted by atomic mass is 10.1. The molecule has 0 fully saturated rings. The Labute approximate surface area is 91.7 Å². The van der Waals surface area contributed by atoms with E-state index in [4.69, 9.17) is 0 Å². The standard InChI is InChI=1S/C13H18N2/c1-4-11(2)15-13(14-3)10-12-8-6-5-7-9-12/h4-9H,10H2,1-3H3,(H,14,15)/b11-4-. The molecule has 0 saturated heterocycles. The molecular weight excluding hydrogens is 184 g/mol. The van der Waals surface area contributed by atoms with E-state index in [0.29, 0.717) is 0 Å². The van der Waals surface area contributed by atoms with Gasteiger partial charge in [0.2, 0.25) is 0 Å². The van der Waals surface area contributed by atoms with Crippen molar-refractivity contribution >= 4 is 5.84 Å². The molecule has 1 N–H and O–H groups in total. The summed E-state index contributed by atoms with van der Waals surface area (Å²) in [7, 11) is 1.81. The van der Waals surface area contributed by atoms with Crippen molar-refractivity contribution in [3.63, 3.8) is 0 Å². The van der Waals surface area contributed by atoms with E-state index in [1.54, 1.807) is 0 Å². The lowest BCUT2D eigenvalue weighted by Gasteiger charge is -2.09. The number of aliphatic imine (C=N–C) groups is 1. The first-order valence-corrected chi connectivity index (χ1v) is 5.15. The van der Waals surface area contributed by atoms with Crippen LogP contribution in [0.15, 0.2) is 47.1 Å². The van der Waals surface area contributed by atoms with E-state index >= 15 is 0 Å². The third kappa shape index (κ3) is 3.98. The molecule has 0 spiro atoms. The van der Waals surface area contributed by atoms with Crippen molar-refractivity contribution in [1.82, 2.24) is 5.32 Å². The summed E-state index contributed by atoms with van der Waals surface area (Å²) in [5, 5.41) is 3.28. The van der Waals surface area contributed by atoms with Crippen molar-refractivity contribution in [1.29, 1.82) is 0 Å². The minimum atomic E-state index is 0.850. The van der Waals surface area contributed by atoms with E-state index < -0.39 is 0 Å². The van der Waals surface area contributed by atoms with Gasteiger partial charge in [0.05, 0.1) is 0 Å². The number of benzene rings is 1. The zero-order chi connectivity index (χ0) is 11.1. The smallest absolute Gasteiger partial charge is 0.104 e. The van der Waals surface area contributed by atoms with E-state index in [2.05, 4.69) is 22.4 Å². The summed E-state index contributed by atoms with van der Waals surface area (Å²) >= 11 is 0. The average molecular weight is 202 g/mol. The third-order valence-corrected chi connectivity index (χ3v) is 2.26. The van der Waals surface area contributed by atoms with Crippen LogP contribution in [0.4, 0.5) is 0 Å². The van der Waals surface area contributed by atoms with E-state index in [0.717, 1.165) is 18.0 Å². The van der Waals surface area contributed by atoms with Crippen molar-refractivity contribution in [2.24, 2.45) is 4.99 Å². The lowest BCUT2D eigenvalue weighted by molar-refractivity contribution is 1.05. The van der Waals surface area contributed by atoms with Crippen LogP contribution in [0.3, 0.4) is 0 Å². The molecule has 2 heteroatoms. The summed E-state index contributed by atoms with van der Waals surface area (Å²) in [6, 6.07) is 10.3. The van der Waals surface area contributed by atoms with Gasteiger partial charge in [-0.25, -0.2) is 0 Å². The summed E-state index contributed by atoms with van der Waals surface area (Å²) in [6.45, 7) is 4.05. The molecule has 0 aromatic heterocycles. The second-order valence-corrected chi connectivity index (χ2v) is 3.43. The Bertz CT molecular complexity index is 350. The van der Waals surface area contributed by atoms with Gasteiger partial charge in [-0.2, -0.15) is 0 Å². The lowest BCUT2D eigenvalue weighted by Crippen LogP contribution is -2.23. The van der Waals surface area contributed by atoms with Crippen LogP contribution in [0, 0.1) is 0 Å². The van der Waals surface area contributed by atoms with Gasteiger partial charge in [-0.15, -0.1) is 0 Å². The number of amidine groups is 1. The normalized spacial score (nSPS) is 12.7. The quantitative estimate of drug-likeness (QED) is 0.591. The molecule has 1 rings (SSSR count). The van der Waals surface area contributed by atoms with Crippen LogP contribution in [0.25, 0.3) is 0 Å². The SMILES string of the molecule is C/C=C(/C)NC(Cc1ccccc1)=NC. The molecule has 1 aromatic carbocycles. The second-order valence-electron chi connectivity index (χ2n) is 3.43. The molecule has 0 aliphatic heterocycles. The third-order valence-electron chi connectivity index (χ3n) is 2.26. The first-order valence-electron chi connectivity index (χ1n) is 5.15. The maximum absolute atomic E-state index is 4.24. The summed E-state index contributed by atoms with van der Waals surface area (Å²) in [5.41, 5.74) is 2.40. The predicted molar refractivity (Wildman–Crippen MR) is 66.1 cm³/mol. The Kier molecular flexibility index (Phi) is 4.61. The highest BCUT2D eigenvalue weighted by Crippen LogP contribution is 2.01. The highest BCUT2D eigenvalue weighted by molar-refractivity contribution is 5.85. The highest BCUT2D eigenvalue weighted by Gasteiger charge is 1.99. The first-order chi connectivity index (χ1) is 7.26. The summed E-state index contributed by atoms with van der Waals surface area (Å²) in [5.74, 6) is 0.997. The van der Waals surface area contributed by atoms with Gasteiger partial charge in [0.1, 0.15) is 5.84 Å². The van der Waals surface area contributed by atoms with Crippen molar-refractivity contribution in [3.8, 4) is 0 Å². The van der Waals surface area contributed by atoms with Gasteiger partial charge in [0, 0.05) is 19.2 Å². The van der Waals surface area contributed by atoms with Gasteiger partial charge in [0.25, 0.3) is 0 Å². The fourth-order valence-electron chi connectivity index (χ4n) is 1.27. The molecule has 0 heterocycles. The molecule has 0 amide bonds. The monoisotopic (exact) mass is 202 g/mol. The number of allylic oxidation sites excluding steroid dienone is 2. The molecule has 80 valence electrons.